The van der Waals surface area contributed by atoms with E-state index in [1.165, 1.54) is 17.8 Å². The van der Waals surface area contributed by atoms with Crippen LogP contribution in [0.3, 0.4) is 0 Å². The minimum Gasteiger partial charge on any atom is -0.454 e. The van der Waals surface area contributed by atoms with Crippen LogP contribution in [0, 0.1) is 0 Å². The van der Waals surface area contributed by atoms with Gasteiger partial charge in [0, 0.05) is 16.5 Å². The van der Waals surface area contributed by atoms with Crippen LogP contribution < -0.4 is 14.9 Å². The summed E-state index contributed by atoms with van der Waals surface area (Å²) in [4.78, 5) is 0. The first-order chi connectivity index (χ1) is 13.5. The van der Waals surface area contributed by atoms with E-state index in [4.69, 9.17) is 9.47 Å². The average molecular weight is 404 g/mol. The fourth-order valence-corrected chi connectivity index (χ4v) is 3.66. The average Bonchev–Trinajstić information content (AvgIpc) is 3.33. The fourth-order valence-electron chi connectivity index (χ4n) is 2.92. The van der Waals surface area contributed by atoms with Crippen molar-refractivity contribution in [2.75, 3.05) is 12.2 Å². The molecule has 0 bridgehead atoms. The van der Waals surface area contributed by atoms with Gasteiger partial charge in [-0.3, -0.25) is 5.43 Å². The second kappa shape index (κ2) is 6.20. The van der Waals surface area contributed by atoms with Crippen molar-refractivity contribution in [2.24, 2.45) is 0 Å². The van der Waals surface area contributed by atoms with E-state index in [0.29, 0.717) is 33.7 Å². The molecule has 10 heteroatoms. The standard InChI is InChI=1S/C18H11F3N4O2S/c19-18(20,21)12-3-1-2-10(6-12)13-8-28-17-23-22-16(25(17)24-13)11-4-5-14-15(7-11)27-9-26-14/h1-8,24H,9H2. The van der Waals surface area contributed by atoms with Crippen LogP contribution in [0.5, 0.6) is 11.5 Å². The van der Waals surface area contributed by atoms with Crippen LogP contribution >= 0.6 is 11.8 Å². The van der Waals surface area contributed by atoms with Crippen molar-refractivity contribution < 1.29 is 22.6 Å². The lowest BCUT2D eigenvalue weighted by Crippen LogP contribution is -2.18. The molecule has 0 radical (unpaired) electrons. The van der Waals surface area contributed by atoms with Crippen molar-refractivity contribution >= 4 is 17.5 Å². The molecule has 28 heavy (non-hydrogen) atoms. The molecule has 2 aliphatic rings. The second-order valence-corrected chi connectivity index (χ2v) is 6.89. The van der Waals surface area contributed by atoms with E-state index >= 15 is 0 Å². The second-order valence-electron chi connectivity index (χ2n) is 6.05. The number of thioether (sulfide) groups is 1. The van der Waals surface area contributed by atoms with E-state index in [9.17, 15) is 13.2 Å². The lowest BCUT2D eigenvalue weighted by Gasteiger charge is -2.20. The fraction of sp³-hybridized carbons (Fsp3) is 0.111. The predicted octanol–water partition coefficient (Wildman–Crippen LogP) is 4.34. The molecule has 6 nitrogen and oxygen atoms in total. The largest absolute Gasteiger partial charge is 0.454 e. The number of alkyl halides is 3. The minimum atomic E-state index is -4.41. The molecule has 2 aromatic carbocycles. The molecular formula is C18H11F3N4O2S. The molecule has 3 aromatic rings. The topological polar surface area (TPSA) is 61.2 Å². The SMILES string of the molecule is FC(F)(F)c1cccc(C2=CSc3nnc(-c4ccc5c(c4)OCO5)n3N2)c1. The molecule has 0 amide bonds. The number of aromatic nitrogens is 3. The smallest absolute Gasteiger partial charge is 0.416 e. The summed E-state index contributed by atoms with van der Waals surface area (Å²) in [5.74, 6) is 1.76. The Labute approximate surface area is 160 Å². The van der Waals surface area contributed by atoms with Crippen LogP contribution in [0.2, 0.25) is 0 Å². The summed E-state index contributed by atoms with van der Waals surface area (Å²) in [6.07, 6.45) is -4.41. The zero-order valence-electron chi connectivity index (χ0n) is 14.0. The summed E-state index contributed by atoms with van der Waals surface area (Å²) in [5, 5.41) is 10.6. The van der Waals surface area contributed by atoms with Gasteiger partial charge in [0.2, 0.25) is 11.9 Å². The summed E-state index contributed by atoms with van der Waals surface area (Å²) in [6, 6.07) is 10.5. The van der Waals surface area contributed by atoms with Crippen LogP contribution in [0.15, 0.2) is 53.0 Å². The monoisotopic (exact) mass is 404 g/mol. The van der Waals surface area contributed by atoms with Crippen molar-refractivity contribution in [3.8, 4) is 22.9 Å². The van der Waals surface area contributed by atoms with Crippen molar-refractivity contribution in [3.05, 3.63) is 59.0 Å². The lowest BCUT2D eigenvalue weighted by atomic mass is 10.1. The number of halogens is 3. The number of nitrogens with one attached hydrogen (secondary N) is 1. The summed E-state index contributed by atoms with van der Waals surface area (Å²) >= 11 is 1.27. The Kier molecular flexibility index (Phi) is 3.76. The minimum absolute atomic E-state index is 0.160. The Hall–Kier alpha value is -3.14. The highest BCUT2D eigenvalue weighted by atomic mass is 32.2. The summed E-state index contributed by atoms with van der Waals surface area (Å²) in [6.45, 7) is 0.160. The van der Waals surface area contributed by atoms with Gasteiger partial charge in [0.15, 0.2) is 17.3 Å². The predicted molar refractivity (Wildman–Crippen MR) is 96.2 cm³/mol. The molecule has 3 heterocycles. The molecule has 2 aliphatic heterocycles. The van der Waals surface area contributed by atoms with Gasteiger partial charge in [0.25, 0.3) is 0 Å². The van der Waals surface area contributed by atoms with E-state index in [1.807, 2.05) is 6.07 Å². The van der Waals surface area contributed by atoms with Gasteiger partial charge in [-0.15, -0.1) is 10.2 Å². The van der Waals surface area contributed by atoms with Gasteiger partial charge in [0.1, 0.15) is 0 Å². The van der Waals surface area contributed by atoms with Crippen LogP contribution in [-0.2, 0) is 6.18 Å². The zero-order chi connectivity index (χ0) is 19.3. The number of hydrogen-bond acceptors (Lipinski definition) is 6. The van der Waals surface area contributed by atoms with E-state index in [2.05, 4.69) is 15.6 Å². The summed E-state index contributed by atoms with van der Waals surface area (Å²) < 4.78 is 51.4. The maximum Gasteiger partial charge on any atom is 0.416 e. The lowest BCUT2D eigenvalue weighted by molar-refractivity contribution is -0.137. The first-order valence-electron chi connectivity index (χ1n) is 8.16. The molecule has 0 unspecified atom stereocenters. The normalized spacial score (nSPS) is 15.0. The van der Waals surface area contributed by atoms with Gasteiger partial charge in [-0.05, 0) is 30.3 Å². The molecule has 0 atom stereocenters. The highest BCUT2D eigenvalue weighted by Gasteiger charge is 2.31. The van der Waals surface area contributed by atoms with E-state index < -0.39 is 11.7 Å². The number of hydrogen-bond donors (Lipinski definition) is 1. The molecule has 0 saturated heterocycles. The van der Waals surface area contributed by atoms with Gasteiger partial charge >= 0.3 is 6.18 Å². The summed E-state index contributed by atoms with van der Waals surface area (Å²) in [5.41, 5.74) is 4.07. The quantitative estimate of drug-likeness (QED) is 0.686. The number of fused-ring (bicyclic) bond motifs is 2. The van der Waals surface area contributed by atoms with E-state index in [-0.39, 0.29) is 6.79 Å². The maximum absolute atomic E-state index is 13.0. The Balaban J connectivity index is 1.49. The molecule has 5 rings (SSSR count). The molecule has 0 spiro atoms. The first-order valence-corrected chi connectivity index (χ1v) is 9.04. The third-order valence-electron chi connectivity index (χ3n) is 4.28. The third kappa shape index (κ3) is 2.85. The Morgan fingerprint density at radius 3 is 2.71 bits per heavy atom. The Morgan fingerprint density at radius 2 is 1.86 bits per heavy atom. The van der Waals surface area contributed by atoms with Crippen molar-refractivity contribution in [3.63, 3.8) is 0 Å². The number of rotatable bonds is 2. The molecule has 0 saturated carbocycles. The van der Waals surface area contributed by atoms with Crippen molar-refractivity contribution in [1.29, 1.82) is 0 Å². The Morgan fingerprint density at radius 1 is 1.00 bits per heavy atom. The highest BCUT2D eigenvalue weighted by Crippen LogP contribution is 2.38. The highest BCUT2D eigenvalue weighted by molar-refractivity contribution is 8.02. The Bertz CT molecular complexity index is 1110. The zero-order valence-corrected chi connectivity index (χ0v) is 14.8. The number of benzene rings is 2. The number of nitrogens with zero attached hydrogens (tertiary/aromatic N) is 3. The summed E-state index contributed by atoms with van der Waals surface area (Å²) in [7, 11) is 0. The van der Waals surface area contributed by atoms with Crippen LogP contribution in [0.1, 0.15) is 11.1 Å². The van der Waals surface area contributed by atoms with Crippen LogP contribution in [0.4, 0.5) is 13.2 Å². The third-order valence-corrected chi connectivity index (χ3v) is 5.11. The van der Waals surface area contributed by atoms with Crippen molar-refractivity contribution in [1.82, 2.24) is 14.9 Å². The molecule has 0 aliphatic carbocycles. The first kappa shape index (κ1) is 17.0. The number of ether oxygens (including phenoxy) is 2. The molecule has 1 N–H and O–H groups in total. The van der Waals surface area contributed by atoms with E-state index in [1.54, 1.807) is 28.3 Å². The van der Waals surface area contributed by atoms with Gasteiger partial charge in [0.05, 0.1) is 11.3 Å². The molecule has 142 valence electrons. The van der Waals surface area contributed by atoms with Crippen LogP contribution in [0.25, 0.3) is 17.1 Å². The maximum atomic E-state index is 13.0. The molecular weight excluding hydrogens is 393 g/mol. The van der Waals surface area contributed by atoms with E-state index in [0.717, 1.165) is 17.7 Å². The van der Waals surface area contributed by atoms with Gasteiger partial charge in [-0.1, -0.05) is 23.9 Å². The van der Waals surface area contributed by atoms with Gasteiger partial charge < -0.3 is 9.47 Å². The van der Waals surface area contributed by atoms with Gasteiger partial charge in [-0.25, -0.2) is 4.68 Å². The van der Waals surface area contributed by atoms with Gasteiger partial charge in [-0.2, -0.15) is 13.2 Å². The van der Waals surface area contributed by atoms with Crippen molar-refractivity contribution in [2.45, 2.75) is 11.3 Å². The molecule has 0 fully saturated rings. The molecule has 1 aromatic heterocycles. The van der Waals surface area contributed by atoms with Crippen LogP contribution in [-0.4, -0.2) is 21.7 Å².